The number of carbonyl (C=O) groups is 1. The van der Waals surface area contributed by atoms with E-state index in [-0.39, 0.29) is 24.3 Å². The van der Waals surface area contributed by atoms with E-state index in [0.717, 1.165) is 0 Å². The molecule has 15 atom stereocenters. The molecule has 1 saturated heterocycles. The van der Waals surface area contributed by atoms with Gasteiger partial charge in [0.1, 0.15) is 29.5 Å². The molecule has 1 spiro atoms. The number of hydrogen-bond donors (Lipinski definition) is 3. The monoisotopic (exact) mass is 603 g/mol. The van der Waals surface area contributed by atoms with Crippen LogP contribution in [0.5, 0.6) is 0 Å². The minimum Gasteiger partial charge on any atom is -0.455 e. The smallest absolute Gasteiger partial charge is 0.338 e. The lowest BCUT2D eigenvalue weighted by Gasteiger charge is -2.70. The Bertz CT molecular complexity index is 1250. The van der Waals surface area contributed by atoms with Crippen LogP contribution in [0.1, 0.15) is 23.2 Å². The number of nitrogens with zero attached hydrogens (tertiary/aromatic N) is 1. The number of ether oxygens (including phenoxy) is 6. The molecule has 11 heteroatoms. The summed E-state index contributed by atoms with van der Waals surface area (Å²) in [6.45, 7) is 0.863. The molecular formula is C32H45NO10. The van der Waals surface area contributed by atoms with E-state index in [1.165, 1.54) is 7.11 Å². The number of esters is 1. The minimum atomic E-state index is -1.71. The van der Waals surface area contributed by atoms with Gasteiger partial charge in [-0.1, -0.05) is 18.2 Å². The molecule has 43 heavy (non-hydrogen) atoms. The number of rotatable bonds is 8. The lowest BCUT2D eigenvalue weighted by molar-refractivity contribution is -0.324. The van der Waals surface area contributed by atoms with Crippen molar-refractivity contribution in [1.82, 2.24) is 4.90 Å². The van der Waals surface area contributed by atoms with Crippen molar-refractivity contribution in [2.45, 2.75) is 66.7 Å². The van der Waals surface area contributed by atoms with Crippen LogP contribution in [-0.2, 0) is 28.4 Å². The van der Waals surface area contributed by atoms with Crippen LogP contribution in [0.2, 0.25) is 0 Å². The van der Waals surface area contributed by atoms with Crippen LogP contribution < -0.4 is 0 Å². The Morgan fingerprint density at radius 3 is 2.33 bits per heavy atom. The quantitative estimate of drug-likeness (QED) is 0.355. The first-order valence-electron chi connectivity index (χ1n) is 15.3. The highest BCUT2D eigenvalue weighted by molar-refractivity contribution is 5.89. The molecule has 0 amide bonds. The average molecular weight is 604 g/mol. The van der Waals surface area contributed by atoms with Crippen molar-refractivity contribution in [3.63, 3.8) is 0 Å². The Labute approximate surface area is 252 Å². The van der Waals surface area contributed by atoms with Gasteiger partial charge in [-0.05, 0) is 31.5 Å². The number of aliphatic hydroxyl groups excluding tert-OH is 2. The maximum atomic E-state index is 13.6. The first-order valence-corrected chi connectivity index (χ1v) is 15.3. The van der Waals surface area contributed by atoms with Gasteiger partial charge in [0.2, 0.25) is 0 Å². The van der Waals surface area contributed by atoms with Gasteiger partial charge in [0.15, 0.2) is 0 Å². The molecule has 7 rings (SSSR count). The fraction of sp³-hybridized carbons (Fsp3) is 0.781. The van der Waals surface area contributed by atoms with Gasteiger partial charge in [-0.2, -0.15) is 0 Å². The molecule has 6 fully saturated rings. The third-order valence-corrected chi connectivity index (χ3v) is 12.9. The Balaban J connectivity index is 1.49. The van der Waals surface area contributed by atoms with Crippen molar-refractivity contribution >= 4 is 5.97 Å². The summed E-state index contributed by atoms with van der Waals surface area (Å²) in [5.74, 6) is -2.21. The van der Waals surface area contributed by atoms with Crippen LogP contribution in [0, 0.1) is 34.5 Å². The van der Waals surface area contributed by atoms with Crippen molar-refractivity contribution in [3.8, 4) is 0 Å². The Morgan fingerprint density at radius 2 is 1.72 bits per heavy atom. The van der Waals surface area contributed by atoms with Crippen LogP contribution >= 0.6 is 0 Å². The zero-order valence-corrected chi connectivity index (χ0v) is 25.7. The van der Waals surface area contributed by atoms with Gasteiger partial charge < -0.3 is 48.6 Å². The van der Waals surface area contributed by atoms with E-state index >= 15 is 0 Å². The van der Waals surface area contributed by atoms with Gasteiger partial charge in [0.25, 0.3) is 0 Å². The largest absolute Gasteiger partial charge is 0.455 e. The van der Waals surface area contributed by atoms with Gasteiger partial charge in [-0.25, -0.2) is 4.79 Å². The Morgan fingerprint density at radius 1 is 1.00 bits per heavy atom. The molecule has 1 aromatic rings. The summed E-state index contributed by atoms with van der Waals surface area (Å²) in [7, 11) is 10.1. The van der Waals surface area contributed by atoms with Gasteiger partial charge in [-0.15, -0.1) is 0 Å². The molecule has 7 bridgehead atoms. The van der Waals surface area contributed by atoms with E-state index in [2.05, 4.69) is 4.90 Å². The SMILES string of the molecule is COCC12CN(C)[C@@H]3C4C(OC)[C@H]1C3(C(OC)CC2O)[C@@H]1C[C@@]2(O)C(OC(=O)c3ccccc3)[C@@H]1[C@]4(OC)C(O)[C@@H]2OC. The Kier molecular flexibility index (Phi) is 6.92. The molecule has 5 aliphatic carbocycles. The molecular weight excluding hydrogens is 558 g/mol. The summed E-state index contributed by atoms with van der Waals surface area (Å²) in [6, 6.07) is 8.51. The minimum absolute atomic E-state index is 0.189. The molecule has 1 heterocycles. The summed E-state index contributed by atoms with van der Waals surface area (Å²) >= 11 is 0. The number of aliphatic hydroxyl groups is 3. The van der Waals surface area contributed by atoms with Crippen LogP contribution in [0.15, 0.2) is 30.3 Å². The molecule has 3 N–H and O–H groups in total. The molecule has 238 valence electrons. The van der Waals surface area contributed by atoms with Gasteiger partial charge in [0, 0.05) is 83.1 Å². The second-order valence-corrected chi connectivity index (χ2v) is 13.9. The van der Waals surface area contributed by atoms with Crippen LogP contribution in [0.25, 0.3) is 0 Å². The number of hydrogen-bond acceptors (Lipinski definition) is 11. The van der Waals surface area contributed by atoms with E-state index < -0.39 is 76.5 Å². The number of fused-ring (bicyclic) bond motifs is 2. The summed E-state index contributed by atoms with van der Waals surface area (Å²) < 4.78 is 37.4. The maximum Gasteiger partial charge on any atom is 0.338 e. The van der Waals surface area contributed by atoms with Crippen LogP contribution in [0.3, 0.4) is 0 Å². The zero-order chi connectivity index (χ0) is 30.7. The predicted octanol–water partition coefficient (Wildman–Crippen LogP) is 0.341. The summed E-state index contributed by atoms with van der Waals surface area (Å²) in [4.78, 5) is 15.9. The lowest BCUT2D eigenvalue weighted by Crippen LogP contribution is -2.81. The van der Waals surface area contributed by atoms with E-state index in [1.54, 1.807) is 52.7 Å². The van der Waals surface area contributed by atoms with Crippen molar-refractivity contribution in [2.24, 2.45) is 34.5 Å². The van der Waals surface area contributed by atoms with E-state index in [1.807, 2.05) is 13.1 Å². The van der Waals surface area contributed by atoms with Crippen molar-refractivity contribution in [2.75, 3.05) is 55.7 Å². The third kappa shape index (κ3) is 3.24. The molecule has 1 aliphatic heterocycles. The molecule has 11 nitrogen and oxygen atoms in total. The first kappa shape index (κ1) is 30.0. The van der Waals surface area contributed by atoms with Crippen LogP contribution in [0.4, 0.5) is 0 Å². The molecule has 0 radical (unpaired) electrons. The highest BCUT2D eigenvalue weighted by Crippen LogP contribution is 2.80. The normalized spacial score (nSPS) is 52.7. The van der Waals surface area contributed by atoms with E-state index in [4.69, 9.17) is 28.4 Å². The number of benzene rings is 1. The highest BCUT2D eigenvalue weighted by atomic mass is 16.6. The predicted molar refractivity (Wildman–Crippen MR) is 151 cm³/mol. The molecule has 0 aromatic heterocycles. The number of carbonyl (C=O) groups excluding carboxylic acids is 1. The van der Waals surface area contributed by atoms with Gasteiger partial charge in [0.05, 0.1) is 30.5 Å². The highest BCUT2D eigenvalue weighted by Gasteiger charge is 2.91. The zero-order valence-electron chi connectivity index (χ0n) is 25.7. The summed E-state index contributed by atoms with van der Waals surface area (Å²) in [5.41, 5.74) is -4.01. The van der Waals surface area contributed by atoms with Crippen LogP contribution in [-0.4, -0.2) is 136 Å². The topological polar surface area (TPSA) is 136 Å². The fourth-order valence-electron chi connectivity index (χ4n) is 12.1. The number of methoxy groups -OCH3 is 5. The van der Waals surface area contributed by atoms with Crippen molar-refractivity contribution in [3.05, 3.63) is 35.9 Å². The lowest BCUT2D eigenvalue weighted by atomic mass is 9.42. The van der Waals surface area contributed by atoms with Gasteiger partial charge >= 0.3 is 5.97 Å². The summed E-state index contributed by atoms with van der Waals surface area (Å²) in [6.07, 6.45) is -4.43. The van der Waals surface area contributed by atoms with Gasteiger partial charge in [-0.3, -0.25) is 0 Å². The average Bonchev–Trinajstić information content (AvgIpc) is 3.38. The summed E-state index contributed by atoms with van der Waals surface area (Å²) in [5, 5.41) is 36.9. The van der Waals surface area contributed by atoms with Crippen molar-refractivity contribution in [1.29, 1.82) is 0 Å². The van der Waals surface area contributed by atoms with E-state index in [0.29, 0.717) is 25.1 Å². The standard InChI is InChI=1S/C32H45NO10/c1-33-14-29(15-38-2)18(34)12-19(39-3)31-17-13-30(37)26(43-28(36)16-10-8-7-9-11-16)20(17)32(42-6,25(35)27(30)41-5)21(24(31)33)22(40-4)23(29)31/h7-11,17-27,34-35,37H,12-15H2,1-6H3/t17-,18?,19?,20-,21?,22?,23-,24-,25?,26?,27+,29?,30-,31?,32-/m1/s1. The molecule has 1 aromatic carbocycles. The molecule has 8 unspecified atom stereocenters. The number of piperidine rings is 1. The second-order valence-electron chi connectivity index (χ2n) is 13.9. The third-order valence-electron chi connectivity index (χ3n) is 12.9. The first-order chi connectivity index (χ1) is 20.6. The molecule has 5 saturated carbocycles. The van der Waals surface area contributed by atoms with E-state index in [9.17, 15) is 20.1 Å². The fourth-order valence-corrected chi connectivity index (χ4v) is 12.1. The maximum absolute atomic E-state index is 13.6. The second kappa shape index (κ2) is 9.91. The number of likely N-dealkylation sites (tertiary alicyclic amines) is 1. The molecule has 6 aliphatic rings. The Hall–Kier alpha value is -1.67. The van der Waals surface area contributed by atoms with Crippen molar-refractivity contribution < 1.29 is 48.5 Å².